The Balaban J connectivity index is 2.48. The average Bonchev–Trinajstić information content (AvgIpc) is 2.51. The Hall–Kier alpha value is -0.310. The summed E-state index contributed by atoms with van der Waals surface area (Å²) in [5, 5.41) is 0. The van der Waals surface area contributed by atoms with E-state index in [0.717, 1.165) is 0 Å². The fourth-order valence-corrected chi connectivity index (χ4v) is 3.50. The van der Waals surface area contributed by atoms with Gasteiger partial charge in [0.2, 0.25) is 0 Å². The van der Waals surface area contributed by atoms with Gasteiger partial charge in [0, 0.05) is 8.99 Å². The minimum atomic E-state index is 0.213. The lowest BCUT2D eigenvalue weighted by Gasteiger charge is -2.25. The van der Waals surface area contributed by atoms with Gasteiger partial charge in [0.25, 0.3) is 0 Å². The third-order valence-corrected chi connectivity index (χ3v) is 5.10. The number of hydrogen-bond acceptors (Lipinski definition) is 0. The van der Waals surface area contributed by atoms with Gasteiger partial charge in [0.05, 0.1) is 0 Å². The van der Waals surface area contributed by atoms with Crippen LogP contribution in [0.15, 0.2) is 44.6 Å². The summed E-state index contributed by atoms with van der Waals surface area (Å²) in [5.74, 6) is 0.620. The van der Waals surface area contributed by atoms with Crippen molar-refractivity contribution >= 4 is 22.6 Å². The van der Waals surface area contributed by atoms with Crippen molar-refractivity contribution in [3.8, 4) is 0 Å². The summed E-state index contributed by atoms with van der Waals surface area (Å²) in [6.45, 7) is 9.22. The predicted molar refractivity (Wildman–Crippen MR) is 84.2 cm³/mol. The molecule has 0 amide bonds. The van der Waals surface area contributed by atoms with E-state index in [2.05, 4.69) is 74.6 Å². The molecule has 0 bridgehead atoms. The van der Waals surface area contributed by atoms with Gasteiger partial charge in [-0.3, -0.25) is 0 Å². The highest BCUT2D eigenvalue weighted by Gasteiger charge is 2.40. The van der Waals surface area contributed by atoms with Gasteiger partial charge in [-0.15, -0.1) is 0 Å². The summed E-state index contributed by atoms with van der Waals surface area (Å²) in [7, 11) is 0. The van der Waals surface area contributed by atoms with Gasteiger partial charge in [-0.05, 0) is 59.9 Å². The highest BCUT2D eigenvalue weighted by atomic mass is 127. The fraction of sp³-hybridized carbons (Fsp3) is 0.500. The molecule has 0 nitrogen and oxygen atoms in total. The van der Waals surface area contributed by atoms with Gasteiger partial charge < -0.3 is 0 Å². The van der Waals surface area contributed by atoms with E-state index in [-0.39, 0.29) is 5.41 Å². The van der Waals surface area contributed by atoms with E-state index in [9.17, 15) is 0 Å². The van der Waals surface area contributed by atoms with Crippen molar-refractivity contribution in [3.05, 3.63) is 44.6 Å². The molecule has 1 atom stereocenters. The predicted octanol–water partition coefficient (Wildman–Crippen LogP) is 5.57. The van der Waals surface area contributed by atoms with Gasteiger partial charge in [0.15, 0.2) is 0 Å². The highest BCUT2D eigenvalue weighted by molar-refractivity contribution is 14.1. The summed E-state index contributed by atoms with van der Waals surface area (Å²) in [5.41, 5.74) is 5.04. The largest absolute Gasteiger partial charge is 0.0839 e. The van der Waals surface area contributed by atoms with Crippen molar-refractivity contribution in [1.82, 2.24) is 0 Å². The molecule has 2 aliphatic carbocycles. The Kier molecular flexibility index (Phi) is 3.67. The Morgan fingerprint density at radius 2 is 2.18 bits per heavy atom. The molecule has 0 aliphatic heterocycles. The standard InChI is InChI=1S/C16H21I/c1-5-12(17)10-15-11(2)13-8-6-7-9-14(13)16(15,3)4/h5,7,9-11H,6,8H2,1-4H3/b12-5+,15-10+. The van der Waals surface area contributed by atoms with Crippen LogP contribution in [0.2, 0.25) is 0 Å². The first-order valence-corrected chi connectivity index (χ1v) is 7.50. The van der Waals surface area contributed by atoms with Crippen LogP contribution in [0.3, 0.4) is 0 Å². The monoisotopic (exact) mass is 340 g/mol. The Labute approximate surface area is 119 Å². The molecule has 0 aromatic heterocycles. The molecule has 0 heterocycles. The van der Waals surface area contributed by atoms with E-state index in [0.29, 0.717) is 5.92 Å². The van der Waals surface area contributed by atoms with Crippen molar-refractivity contribution < 1.29 is 0 Å². The van der Waals surface area contributed by atoms with Gasteiger partial charge in [-0.25, -0.2) is 0 Å². The van der Waals surface area contributed by atoms with E-state index < -0.39 is 0 Å². The SMILES string of the molecule is C/C=C(I)\C=C1/C(C)C2=C(C=CCC2)C1(C)C. The quantitative estimate of drug-likeness (QED) is 0.547. The zero-order valence-electron chi connectivity index (χ0n) is 11.2. The summed E-state index contributed by atoms with van der Waals surface area (Å²) >= 11 is 2.42. The van der Waals surface area contributed by atoms with E-state index in [1.54, 1.807) is 16.7 Å². The molecule has 0 saturated carbocycles. The van der Waals surface area contributed by atoms with Crippen molar-refractivity contribution in [2.24, 2.45) is 11.3 Å². The topological polar surface area (TPSA) is 0 Å². The van der Waals surface area contributed by atoms with Crippen molar-refractivity contribution in [2.45, 2.75) is 40.5 Å². The smallest absolute Gasteiger partial charge is 0.0114 e. The number of rotatable bonds is 1. The summed E-state index contributed by atoms with van der Waals surface area (Å²) in [6, 6.07) is 0. The minimum absolute atomic E-state index is 0.213. The zero-order valence-corrected chi connectivity index (χ0v) is 13.3. The summed E-state index contributed by atoms with van der Waals surface area (Å²) < 4.78 is 1.35. The second-order valence-corrected chi connectivity index (χ2v) is 6.75. The zero-order chi connectivity index (χ0) is 12.6. The molecule has 17 heavy (non-hydrogen) atoms. The van der Waals surface area contributed by atoms with Crippen LogP contribution in [0.25, 0.3) is 0 Å². The Morgan fingerprint density at radius 1 is 1.47 bits per heavy atom. The van der Waals surface area contributed by atoms with Crippen molar-refractivity contribution in [1.29, 1.82) is 0 Å². The molecule has 0 aromatic rings. The van der Waals surface area contributed by atoms with Crippen LogP contribution >= 0.6 is 22.6 Å². The lowest BCUT2D eigenvalue weighted by molar-refractivity contribution is 0.542. The third-order valence-electron chi connectivity index (χ3n) is 4.16. The van der Waals surface area contributed by atoms with Gasteiger partial charge in [-0.1, -0.05) is 50.1 Å². The molecular weight excluding hydrogens is 319 g/mol. The second kappa shape index (κ2) is 4.75. The maximum absolute atomic E-state index is 2.42. The first-order chi connectivity index (χ1) is 7.98. The average molecular weight is 340 g/mol. The van der Waals surface area contributed by atoms with Crippen LogP contribution in [0.4, 0.5) is 0 Å². The fourth-order valence-electron chi connectivity index (χ4n) is 3.16. The molecule has 0 aromatic carbocycles. The van der Waals surface area contributed by atoms with Gasteiger partial charge in [0.1, 0.15) is 0 Å². The van der Waals surface area contributed by atoms with Crippen LogP contribution in [0.1, 0.15) is 40.5 Å². The van der Waals surface area contributed by atoms with Crippen LogP contribution in [0.5, 0.6) is 0 Å². The van der Waals surface area contributed by atoms with Crippen LogP contribution in [-0.4, -0.2) is 0 Å². The number of hydrogen-bond donors (Lipinski definition) is 0. The van der Waals surface area contributed by atoms with E-state index in [1.807, 2.05) is 0 Å². The lowest BCUT2D eigenvalue weighted by Crippen LogP contribution is -2.14. The normalized spacial score (nSPS) is 30.1. The van der Waals surface area contributed by atoms with Gasteiger partial charge >= 0.3 is 0 Å². The summed E-state index contributed by atoms with van der Waals surface area (Å²) in [6.07, 6.45) is 11.7. The summed E-state index contributed by atoms with van der Waals surface area (Å²) in [4.78, 5) is 0. The molecule has 0 spiro atoms. The number of allylic oxidation sites excluding steroid dienone is 8. The van der Waals surface area contributed by atoms with Gasteiger partial charge in [-0.2, -0.15) is 0 Å². The molecule has 0 saturated heterocycles. The lowest BCUT2D eigenvalue weighted by atomic mass is 9.79. The molecular formula is C16H21I. The number of halogens is 1. The maximum Gasteiger partial charge on any atom is 0.0114 e. The molecule has 2 aliphatic rings. The maximum atomic E-state index is 2.42. The minimum Gasteiger partial charge on any atom is -0.0839 e. The van der Waals surface area contributed by atoms with E-state index in [4.69, 9.17) is 0 Å². The molecule has 1 heteroatoms. The van der Waals surface area contributed by atoms with E-state index in [1.165, 1.54) is 16.4 Å². The van der Waals surface area contributed by atoms with Crippen molar-refractivity contribution in [3.63, 3.8) is 0 Å². The second-order valence-electron chi connectivity index (χ2n) is 5.50. The highest BCUT2D eigenvalue weighted by Crippen LogP contribution is 2.53. The Bertz CT molecular complexity index is 444. The first kappa shape index (κ1) is 13.1. The molecule has 2 rings (SSSR count). The van der Waals surface area contributed by atoms with E-state index >= 15 is 0 Å². The Morgan fingerprint density at radius 3 is 2.76 bits per heavy atom. The molecule has 0 N–H and O–H groups in total. The molecule has 0 radical (unpaired) electrons. The van der Waals surface area contributed by atoms with Crippen LogP contribution < -0.4 is 0 Å². The van der Waals surface area contributed by atoms with Crippen molar-refractivity contribution in [2.75, 3.05) is 0 Å². The molecule has 0 fully saturated rings. The molecule has 1 unspecified atom stereocenters. The van der Waals surface area contributed by atoms with Crippen LogP contribution in [-0.2, 0) is 0 Å². The first-order valence-electron chi connectivity index (χ1n) is 6.42. The van der Waals surface area contributed by atoms with Crippen LogP contribution in [0, 0.1) is 11.3 Å². The molecule has 92 valence electrons. The third kappa shape index (κ3) is 2.18.